The van der Waals surface area contributed by atoms with E-state index < -0.39 is 26.5 Å². The van der Waals surface area contributed by atoms with Crippen LogP contribution in [0.25, 0.3) is 0 Å². The first-order valence-corrected chi connectivity index (χ1v) is 20.5. The molecule has 0 rings (SSSR count). The van der Waals surface area contributed by atoms with Crippen molar-refractivity contribution in [2.45, 2.75) is 116 Å². The van der Waals surface area contributed by atoms with Crippen molar-refractivity contribution >= 4 is 13.8 Å². The molecule has 2 atom stereocenters. The van der Waals surface area contributed by atoms with Gasteiger partial charge in [0.25, 0.3) is 0 Å². The second-order valence-electron chi connectivity index (χ2n) is 13.4. The van der Waals surface area contributed by atoms with E-state index in [0.717, 1.165) is 83.5 Å². The first-order chi connectivity index (χ1) is 24.6. The molecule has 290 valence electrons. The summed E-state index contributed by atoms with van der Waals surface area (Å²) in [4.78, 5) is 21.6. The third-order valence-corrected chi connectivity index (χ3v) is 8.34. The van der Waals surface area contributed by atoms with Crippen molar-refractivity contribution < 1.29 is 37.6 Å². The molecule has 0 aliphatic heterocycles. The van der Waals surface area contributed by atoms with Crippen molar-refractivity contribution in [3.63, 3.8) is 0 Å². The summed E-state index contributed by atoms with van der Waals surface area (Å²) in [5.41, 5.74) is 0. The van der Waals surface area contributed by atoms with Crippen LogP contribution >= 0.6 is 7.82 Å². The Labute approximate surface area is 311 Å². The minimum Gasteiger partial charge on any atom is -0.463 e. The van der Waals surface area contributed by atoms with E-state index in [0.29, 0.717) is 11.0 Å². The van der Waals surface area contributed by atoms with Crippen LogP contribution < -0.4 is 0 Å². The maximum atomic E-state index is 11.9. The fourth-order valence-corrected chi connectivity index (χ4v) is 5.12. The molecule has 0 aromatic rings. The number of allylic oxidation sites excluding steroid dienone is 16. The van der Waals surface area contributed by atoms with E-state index in [4.69, 9.17) is 13.8 Å². The Balaban J connectivity index is 3.63. The predicted octanol–water partition coefficient (Wildman–Crippen LogP) is 10.4. The molecule has 0 aliphatic rings. The van der Waals surface area contributed by atoms with Gasteiger partial charge in [0, 0.05) is 6.42 Å². The lowest BCUT2D eigenvalue weighted by Gasteiger charge is -2.24. The van der Waals surface area contributed by atoms with Crippen molar-refractivity contribution in [2.24, 2.45) is 0 Å². The molecule has 0 saturated carbocycles. The topological polar surface area (TPSA) is 102 Å². The zero-order chi connectivity index (χ0) is 37.7. The highest BCUT2D eigenvalue weighted by atomic mass is 31.2. The van der Waals surface area contributed by atoms with Crippen LogP contribution in [0.2, 0.25) is 0 Å². The normalized spacial score (nSPS) is 15.0. The van der Waals surface area contributed by atoms with Crippen LogP contribution in [0.5, 0.6) is 0 Å². The van der Waals surface area contributed by atoms with Gasteiger partial charge in [-0.1, -0.05) is 130 Å². The van der Waals surface area contributed by atoms with Crippen LogP contribution in [0.1, 0.15) is 110 Å². The second-order valence-corrected chi connectivity index (χ2v) is 14.9. The number of unbranched alkanes of at least 4 members (excludes halogenated alkanes) is 6. The lowest BCUT2D eigenvalue weighted by molar-refractivity contribution is -0.870. The van der Waals surface area contributed by atoms with Gasteiger partial charge in [-0.25, -0.2) is 4.57 Å². The van der Waals surface area contributed by atoms with Gasteiger partial charge < -0.3 is 19.2 Å². The van der Waals surface area contributed by atoms with Gasteiger partial charge in [0.15, 0.2) is 0 Å². The molecule has 9 heteroatoms. The van der Waals surface area contributed by atoms with Crippen LogP contribution in [0, 0.1) is 0 Å². The molecule has 51 heavy (non-hydrogen) atoms. The third-order valence-electron chi connectivity index (χ3n) is 7.36. The van der Waals surface area contributed by atoms with Crippen LogP contribution in [0.4, 0.5) is 0 Å². The van der Waals surface area contributed by atoms with Crippen molar-refractivity contribution in [1.29, 1.82) is 0 Å². The molecule has 0 heterocycles. The van der Waals surface area contributed by atoms with Crippen LogP contribution in [-0.4, -0.2) is 74.1 Å². The molecule has 8 nitrogen and oxygen atoms in total. The van der Waals surface area contributed by atoms with E-state index >= 15 is 0 Å². The van der Waals surface area contributed by atoms with Gasteiger partial charge in [-0.15, -0.1) is 0 Å². The molecule has 0 aliphatic carbocycles. The van der Waals surface area contributed by atoms with E-state index in [1.54, 1.807) is 0 Å². The first kappa shape index (κ1) is 48.4. The zero-order valence-corrected chi connectivity index (χ0v) is 33.2. The van der Waals surface area contributed by atoms with E-state index in [1.807, 2.05) is 21.1 Å². The number of ether oxygens (including phenoxy) is 1. The van der Waals surface area contributed by atoms with Gasteiger partial charge in [0.1, 0.15) is 25.9 Å². The number of esters is 1. The van der Waals surface area contributed by atoms with Crippen molar-refractivity contribution in [3.8, 4) is 0 Å². The molecule has 2 unspecified atom stereocenters. The van der Waals surface area contributed by atoms with Crippen molar-refractivity contribution in [1.82, 2.24) is 0 Å². The monoisotopic (exact) mass is 732 g/mol. The van der Waals surface area contributed by atoms with Crippen LogP contribution in [0.3, 0.4) is 0 Å². The van der Waals surface area contributed by atoms with Crippen molar-refractivity contribution in [3.05, 3.63) is 97.2 Å². The summed E-state index contributed by atoms with van der Waals surface area (Å²) >= 11 is 0. The Morgan fingerprint density at radius 2 is 1.02 bits per heavy atom. The maximum Gasteiger partial charge on any atom is 0.472 e. The Hall–Kier alpha value is -2.58. The Morgan fingerprint density at radius 3 is 1.47 bits per heavy atom. The minimum atomic E-state index is -4.26. The van der Waals surface area contributed by atoms with Gasteiger partial charge >= 0.3 is 13.8 Å². The lowest BCUT2D eigenvalue weighted by atomic mass is 10.1. The van der Waals surface area contributed by atoms with Gasteiger partial charge in [-0.3, -0.25) is 13.8 Å². The quantitative estimate of drug-likeness (QED) is 0.0228. The molecule has 0 saturated heterocycles. The number of carbonyl (C=O) groups excluding carboxylic acids is 1. The number of rotatable bonds is 33. The van der Waals surface area contributed by atoms with E-state index in [-0.39, 0.29) is 19.6 Å². The molecule has 0 radical (unpaired) electrons. The highest BCUT2D eigenvalue weighted by Gasteiger charge is 2.24. The van der Waals surface area contributed by atoms with Gasteiger partial charge in [-0.2, -0.15) is 0 Å². The molecule has 2 N–H and O–H groups in total. The number of nitrogens with zero attached hydrogens (tertiary/aromatic N) is 1. The Kier molecular flexibility index (Phi) is 32.8. The lowest BCUT2D eigenvalue weighted by Crippen LogP contribution is -2.37. The van der Waals surface area contributed by atoms with Gasteiger partial charge in [0.2, 0.25) is 0 Å². The molecule has 0 aromatic heterocycles. The van der Waals surface area contributed by atoms with E-state index in [2.05, 4.69) is 104 Å². The Bertz CT molecular complexity index is 1130. The van der Waals surface area contributed by atoms with E-state index in [9.17, 15) is 19.4 Å². The second kappa shape index (κ2) is 34.5. The first-order valence-electron chi connectivity index (χ1n) is 19.0. The largest absolute Gasteiger partial charge is 0.472 e. The summed E-state index contributed by atoms with van der Waals surface area (Å²) in [7, 11) is 1.53. The molecule has 0 bridgehead atoms. The van der Waals surface area contributed by atoms with E-state index in [1.165, 1.54) is 12.8 Å². The molecular formula is C42H71NO7P+. The predicted molar refractivity (Wildman–Crippen MR) is 214 cm³/mol. The fourth-order valence-electron chi connectivity index (χ4n) is 4.38. The van der Waals surface area contributed by atoms with Gasteiger partial charge in [0.05, 0.1) is 27.7 Å². The fraction of sp³-hybridized carbons (Fsp3) is 0.595. The number of quaternary nitrogens is 1. The van der Waals surface area contributed by atoms with Crippen molar-refractivity contribution in [2.75, 3.05) is 47.5 Å². The average molecular weight is 733 g/mol. The smallest absolute Gasteiger partial charge is 0.463 e. The summed E-state index contributed by atoms with van der Waals surface area (Å²) in [5.74, 6) is -0.392. The third kappa shape index (κ3) is 40.1. The minimum absolute atomic E-state index is 0.0462. The number of hydrogen-bond acceptors (Lipinski definition) is 6. The SMILES string of the molecule is CC/C=C\C/C=C\C/C=C\C/C=C\C/C=C\C/C=C\C/C=C\C/C=C\CCCCCCCCC(=O)OCC(O)COP(=O)(O)OCC[N+](C)(C)C. The number of hydrogen-bond donors (Lipinski definition) is 2. The maximum absolute atomic E-state index is 11.9. The average Bonchev–Trinajstić information content (AvgIpc) is 3.08. The summed E-state index contributed by atoms with van der Waals surface area (Å²) in [6.45, 7) is 1.98. The summed E-state index contributed by atoms with van der Waals surface area (Å²) in [5, 5.41) is 9.89. The highest BCUT2D eigenvalue weighted by Crippen LogP contribution is 2.43. The number of phosphoric acid groups is 1. The number of phosphoric ester groups is 1. The number of aliphatic hydroxyl groups is 1. The molecule has 0 spiro atoms. The number of likely N-dealkylation sites (N-methyl/N-ethyl adjacent to an activating group) is 1. The standard InChI is InChI=1S/C42H70NO7P/c1-5-6-7-8-9-10-11-12-13-14-15-16-17-18-19-20-21-22-23-24-25-26-27-28-29-30-31-32-33-34-35-36-42(45)48-39-41(44)40-50-51(46,47)49-38-37-43(2,3)4/h6-7,9-10,12-13,15-16,18-19,21-22,24-25,27-28,41,44H,5,8,11,14,17,20,23,26,29-40H2,1-4H3/p+1/b7-6-,10-9-,13-12-,16-15-,19-18-,22-21-,25-24-,28-27-. The summed E-state index contributed by atoms with van der Waals surface area (Å²) in [6.07, 6.45) is 50.0. The van der Waals surface area contributed by atoms with Crippen LogP contribution in [-0.2, 0) is 23.1 Å². The zero-order valence-electron chi connectivity index (χ0n) is 32.3. The summed E-state index contributed by atoms with van der Waals surface area (Å²) in [6, 6.07) is 0. The number of carbonyl (C=O) groups is 1. The molecule has 0 aromatic carbocycles. The molecule has 0 fully saturated rings. The van der Waals surface area contributed by atoms with Crippen LogP contribution in [0.15, 0.2) is 97.2 Å². The molecule has 0 amide bonds. The summed E-state index contributed by atoms with van der Waals surface area (Å²) < 4.78 is 27.2. The van der Waals surface area contributed by atoms with Gasteiger partial charge in [-0.05, 0) is 70.6 Å². The molecular weight excluding hydrogens is 661 g/mol. The Morgan fingerprint density at radius 1 is 0.608 bits per heavy atom. The number of aliphatic hydroxyl groups excluding tert-OH is 1. The highest BCUT2D eigenvalue weighted by molar-refractivity contribution is 7.47.